The van der Waals surface area contributed by atoms with Crippen LogP contribution in [0.15, 0.2) is 18.2 Å². The predicted octanol–water partition coefficient (Wildman–Crippen LogP) is 2.15. The van der Waals surface area contributed by atoms with E-state index in [0.717, 1.165) is 0 Å². The van der Waals surface area contributed by atoms with E-state index in [1.165, 1.54) is 32.0 Å². The number of aliphatic carboxylic acids is 1. The Bertz CT molecular complexity index is 467. The fourth-order valence-electron chi connectivity index (χ4n) is 1.13. The maximum atomic E-state index is 10.9. The van der Waals surface area contributed by atoms with E-state index in [1.807, 2.05) is 0 Å². The van der Waals surface area contributed by atoms with Crippen LogP contribution in [0.1, 0.15) is 19.4 Å². The number of carbonyl (C=O) groups is 1. The molecule has 1 aromatic rings. The molecule has 0 aliphatic rings. The molecule has 0 unspecified atom stereocenters. The van der Waals surface area contributed by atoms with Crippen molar-refractivity contribution in [3.63, 3.8) is 0 Å². The van der Waals surface area contributed by atoms with E-state index in [-0.39, 0.29) is 11.4 Å². The van der Waals surface area contributed by atoms with Gasteiger partial charge in [-0.3, -0.25) is 10.1 Å². The van der Waals surface area contributed by atoms with E-state index in [2.05, 4.69) is 0 Å². The highest BCUT2D eigenvalue weighted by Gasteiger charge is 2.30. The molecule has 0 aliphatic heterocycles. The van der Waals surface area contributed by atoms with E-state index < -0.39 is 16.5 Å². The number of hydrogen-bond donors (Lipinski definition) is 1. The molecule has 6 heteroatoms. The topological polar surface area (TPSA) is 89.7 Å². The number of rotatable bonds is 4. The number of benzene rings is 1. The van der Waals surface area contributed by atoms with Crippen molar-refractivity contribution in [2.75, 3.05) is 0 Å². The number of hydrogen-bond acceptors (Lipinski definition) is 4. The first-order valence-corrected chi connectivity index (χ1v) is 4.91. The van der Waals surface area contributed by atoms with Crippen LogP contribution in [0, 0.1) is 17.0 Å². The Morgan fingerprint density at radius 2 is 2.06 bits per heavy atom. The van der Waals surface area contributed by atoms with Crippen LogP contribution in [-0.4, -0.2) is 21.6 Å². The van der Waals surface area contributed by atoms with Crippen molar-refractivity contribution < 1.29 is 19.6 Å². The molecule has 92 valence electrons. The number of aryl methyl sites for hydroxylation is 1. The number of carboxylic acids is 1. The van der Waals surface area contributed by atoms with Crippen LogP contribution < -0.4 is 4.74 Å². The highest BCUT2D eigenvalue weighted by atomic mass is 16.6. The summed E-state index contributed by atoms with van der Waals surface area (Å²) in [6.45, 7) is 4.46. The Morgan fingerprint density at radius 1 is 1.47 bits per heavy atom. The average Bonchev–Trinajstić information content (AvgIpc) is 2.20. The lowest BCUT2D eigenvalue weighted by Gasteiger charge is -2.22. The maximum absolute atomic E-state index is 10.9. The number of carboxylic acid groups (broad SMARTS) is 1. The fourth-order valence-corrected chi connectivity index (χ4v) is 1.13. The normalized spacial score (nSPS) is 11.0. The number of nitro groups is 1. The lowest BCUT2D eigenvalue weighted by atomic mass is 10.1. The summed E-state index contributed by atoms with van der Waals surface area (Å²) in [6, 6.07) is 4.08. The third kappa shape index (κ3) is 2.93. The molecule has 1 rings (SSSR count). The van der Waals surface area contributed by atoms with Crippen LogP contribution in [0.4, 0.5) is 5.69 Å². The number of nitrogens with zero attached hydrogens (tertiary/aromatic N) is 1. The number of ether oxygens (including phenoxy) is 1. The van der Waals surface area contributed by atoms with Gasteiger partial charge in [0.2, 0.25) is 0 Å². The molecule has 0 spiro atoms. The van der Waals surface area contributed by atoms with E-state index in [9.17, 15) is 14.9 Å². The van der Waals surface area contributed by atoms with Crippen molar-refractivity contribution in [3.05, 3.63) is 33.9 Å². The largest absolute Gasteiger partial charge is 0.478 e. The molecule has 1 N–H and O–H groups in total. The zero-order valence-corrected chi connectivity index (χ0v) is 9.76. The van der Waals surface area contributed by atoms with Gasteiger partial charge in [-0.1, -0.05) is 0 Å². The predicted molar refractivity (Wildman–Crippen MR) is 60.2 cm³/mol. The summed E-state index contributed by atoms with van der Waals surface area (Å²) >= 11 is 0. The zero-order chi connectivity index (χ0) is 13.2. The van der Waals surface area contributed by atoms with Gasteiger partial charge in [0.15, 0.2) is 5.60 Å². The molecule has 1 aromatic carbocycles. The molecule has 0 radical (unpaired) electrons. The minimum Gasteiger partial charge on any atom is -0.478 e. The SMILES string of the molecule is Cc1ccc([N+](=O)[O-])cc1OC(C)(C)C(=O)O. The van der Waals surface area contributed by atoms with Gasteiger partial charge in [-0.15, -0.1) is 0 Å². The Hall–Kier alpha value is -2.11. The van der Waals surface area contributed by atoms with Crippen LogP contribution in [0.25, 0.3) is 0 Å². The van der Waals surface area contributed by atoms with Gasteiger partial charge in [0.25, 0.3) is 5.69 Å². The summed E-state index contributed by atoms with van der Waals surface area (Å²) in [4.78, 5) is 20.9. The molecule has 0 saturated carbocycles. The standard InChI is InChI=1S/C11H13NO5/c1-7-4-5-8(12(15)16)6-9(7)17-11(2,3)10(13)14/h4-6H,1-3H3,(H,13,14). The van der Waals surface area contributed by atoms with Gasteiger partial charge in [-0.25, -0.2) is 4.79 Å². The monoisotopic (exact) mass is 239 g/mol. The van der Waals surface area contributed by atoms with Gasteiger partial charge in [-0.2, -0.15) is 0 Å². The second-order valence-corrected chi connectivity index (χ2v) is 4.12. The molecule has 6 nitrogen and oxygen atoms in total. The van der Waals surface area contributed by atoms with Crippen LogP contribution in [0.5, 0.6) is 5.75 Å². The van der Waals surface area contributed by atoms with E-state index in [1.54, 1.807) is 6.92 Å². The number of non-ortho nitro benzene ring substituents is 1. The Balaban J connectivity index is 3.10. The van der Waals surface area contributed by atoms with Crippen LogP contribution in [0.3, 0.4) is 0 Å². The fraction of sp³-hybridized carbons (Fsp3) is 0.364. The lowest BCUT2D eigenvalue weighted by Crippen LogP contribution is -2.38. The van der Waals surface area contributed by atoms with Gasteiger partial charge >= 0.3 is 5.97 Å². The van der Waals surface area contributed by atoms with E-state index in [0.29, 0.717) is 5.56 Å². The summed E-state index contributed by atoms with van der Waals surface area (Å²) < 4.78 is 5.28. The van der Waals surface area contributed by atoms with Crippen LogP contribution in [0.2, 0.25) is 0 Å². The smallest absolute Gasteiger partial charge is 0.347 e. The average molecular weight is 239 g/mol. The molecular weight excluding hydrogens is 226 g/mol. The molecule has 0 atom stereocenters. The van der Waals surface area contributed by atoms with Gasteiger partial charge < -0.3 is 9.84 Å². The maximum Gasteiger partial charge on any atom is 0.347 e. The van der Waals surface area contributed by atoms with Crippen molar-refractivity contribution in [1.82, 2.24) is 0 Å². The highest BCUT2D eigenvalue weighted by Crippen LogP contribution is 2.27. The van der Waals surface area contributed by atoms with Crippen molar-refractivity contribution in [2.45, 2.75) is 26.4 Å². The minimum atomic E-state index is -1.43. The summed E-state index contributed by atoms with van der Waals surface area (Å²) in [5, 5.41) is 19.5. The first kappa shape index (κ1) is 13.0. The third-order valence-electron chi connectivity index (χ3n) is 2.26. The second kappa shape index (κ2) is 4.40. The Labute approximate surface area is 98.0 Å². The van der Waals surface area contributed by atoms with Crippen molar-refractivity contribution in [1.29, 1.82) is 0 Å². The van der Waals surface area contributed by atoms with Gasteiger partial charge in [0.1, 0.15) is 5.75 Å². The summed E-state index contributed by atoms with van der Waals surface area (Å²) in [7, 11) is 0. The van der Waals surface area contributed by atoms with Crippen molar-refractivity contribution >= 4 is 11.7 Å². The molecule has 0 fully saturated rings. The van der Waals surface area contributed by atoms with Crippen molar-refractivity contribution in [2.24, 2.45) is 0 Å². The van der Waals surface area contributed by atoms with Crippen LogP contribution >= 0.6 is 0 Å². The molecule has 0 aromatic heterocycles. The first-order chi connectivity index (χ1) is 7.74. The first-order valence-electron chi connectivity index (χ1n) is 4.91. The van der Waals surface area contributed by atoms with Gasteiger partial charge in [-0.05, 0) is 32.4 Å². The Morgan fingerprint density at radius 3 is 2.53 bits per heavy atom. The van der Waals surface area contributed by atoms with Crippen molar-refractivity contribution in [3.8, 4) is 5.75 Å². The summed E-state index contributed by atoms with van der Waals surface area (Å²) in [5.74, 6) is -0.935. The molecule has 0 saturated heterocycles. The van der Waals surface area contributed by atoms with Crippen LogP contribution in [-0.2, 0) is 4.79 Å². The van der Waals surface area contributed by atoms with E-state index in [4.69, 9.17) is 9.84 Å². The van der Waals surface area contributed by atoms with E-state index >= 15 is 0 Å². The Kier molecular flexibility index (Phi) is 3.36. The zero-order valence-electron chi connectivity index (χ0n) is 9.76. The summed E-state index contributed by atoms with van der Waals surface area (Å²) in [6.07, 6.45) is 0. The number of nitro benzene ring substituents is 1. The van der Waals surface area contributed by atoms with Gasteiger partial charge in [0, 0.05) is 6.07 Å². The van der Waals surface area contributed by atoms with Gasteiger partial charge in [0.05, 0.1) is 11.0 Å². The lowest BCUT2D eigenvalue weighted by molar-refractivity contribution is -0.385. The molecular formula is C11H13NO5. The molecule has 0 bridgehead atoms. The molecule has 0 aliphatic carbocycles. The third-order valence-corrected chi connectivity index (χ3v) is 2.26. The summed E-state index contributed by atoms with van der Waals surface area (Å²) in [5.41, 5.74) is -0.920. The quantitative estimate of drug-likeness (QED) is 0.642. The molecule has 0 amide bonds. The highest BCUT2D eigenvalue weighted by molar-refractivity contribution is 5.76. The molecule has 0 heterocycles. The minimum absolute atomic E-state index is 0.133. The molecule has 17 heavy (non-hydrogen) atoms. The second-order valence-electron chi connectivity index (χ2n) is 4.12.